The third-order valence-corrected chi connectivity index (χ3v) is 5.99. The van der Waals surface area contributed by atoms with Crippen LogP contribution >= 0.6 is 0 Å². The second-order valence-electron chi connectivity index (χ2n) is 8.17. The van der Waals surface area contributed by atoms with Crippen molar-refractivity contribution in [3.05, 3.63) is 40.5 Å². The van der Waals surface area contributed by atoms with Crippen LogP contribution in [0.2, 0.25) is 0 Å². The molecule has 3 aromatic rings. The average Bonchev–Trinajstić information content (AvgIpc) is 3.05. The average molecular weight is 455 g/mol. The molecule has 1 aromatic carbocycles. The smallest absolute Gasteiger partial charge is 0.261 e. The molecule has 0 unspecified atom stereocenters. The van der Waals surface area contributed by atoms with Crippen LogP contribution in [0.5, 0.6) is 11.5 Å². The number of fused-ring (bicyclic) bond motifs is 2. The fourth-order valence-corrected chi connectivity index (χ4v) is 4.19. The van der Waals surface area contributed by atoms with Gasteiger partial charge in [0, 0.05) is 45.0 Å². The predicted octanol–water partition coefficient (Wildman–Crippen LogP) is 1.87. The molecule has 1 amide bonds. The number of ether oxygens (including phenoxy) is 2. The summed E-state index contributed by atoms with van der Waals surface area (Å²) in [6.07, 6.45) is 7.53. The molecule has 0 saturated carbocycles. The van der Waals surface area contributed by atoms with E-state index in [1.54, 1.807) is 12.1 Å². The van der Waals surface area contributed by atoms with Crippen molar-refractivity contribution in [2.45, 2.75) is 58.0 Å². The van der Waals surface area contributed by atoms with Gasteiger partial charge < -0.3 is 19.4 Å². The minimum absolute atomic E-state index is 0.0428. The number of carbonyl (C=O) groups is 1. The summed E-state index contributed by atoms with van der Waals surface area (Å²) in [7, 11) is 3.06. The number of nitrogens with one attached hydrogen (secondary N) is 1. The van der Waals surface area contributed by atoms with Gasteiger partial charge in [-0.1, -0.05) is 6.42 Å². The van der Waals surface area contributed by atoms with Crippen molar-refractivity contribution >= 4 is 16.8 Å². The Labute approximate surface area is 191 Å². The molecule has 10 heteroatoms. The fraction of sp³-hybridized carbons (Fsp3) is 0.522. The van der Waals surface area contributed by atoms with Crippen molar-refractivity contribution in [2.24, 2.45) is 0 Å². The molecule has 1 N–H and O–H groups in total. The molecule has 0 fully saturated rings. The van der Waals surface area contributed by atoms with Crippen LogP contribution in [0.4, 0.5) is 0 Å². The van der Waals surface area contributed by atoms with Gasteiger partial charge in [-0.05, 0) is 25.3 Å². The van der Waals surface area contributed by atoms with E-state index in [1.807, 2.05) is 0 Å². The summed E-state index contributed by atoms with van der Waals surface area (Å²) in [5, 5.41) is 12.0. The first-order valence-corrected chi connectivity index (χ1v) is 11.4. The van der Waals surface area contributed by atoms with Crippen molar-refractivity contribution in [3.63, 3.8) is 0 Å². The molecule has 10 nitrogen and oxygen atoms in total. The molecule has 0 spiro atoms. The zero-order valence-corrected chi connectivity index (χ0v) is 19.2. The monoisotopic (exact) mass is 454 g/mol. The Morgan fingerprint density at radius 2 is 1.94 bits per heavy atom. The second kappa shape index (κ2) is 10.5. The van der Waals surface area contributed by atoms with Crippen molar-refractivity contribution < 1.29 is 14.3 Å². The summed E-state index contributed by atoms with van der Waals surface area (Å²) in [5.41, 5.74) is 0.367. The Bertz CT molecular complexity index is 1190. The zero-order chi connectivity index (χ0) is 23.2. The summed E-state index contributed by atoms with van der Waals surface area (Å²) in [6, 6.07) is 3.32. The Hall–Kier alpha value is -3.43. The largest absolute Gasteiger partial charge is 0.493 e. The number of hydrogen-bond acceptors (Lipinski definition) is 7. The van der Waals surface area contributed by atoms with E-state index in [0.29, 0.717) is 54.8 Å². The molecule has 1 aliphatic rings. The summed E-state index contributed by atoms with van der Waals surface area (Å²) in [5.74, 6) is 2.95. The van der Waals surface area contributed by atoms with Crippen LogP contribution < -0.4 is 20.3 Å². The first-order valence-electron chi connectivity index (χ1n) is 11.4. The minimum Gasteiger partial charge on any atom is -0.493 e. The Morgan fingerprint density at radius 1 is 1.12 bits per heavy atom. The molecular formula is C23H30N6O4. The Morgan fingerprint density at radius 3 is 2.76 bits per heavy atom. The molecule has 0 atom stereocenters. The molecule has 2 aromatic heterocycles. The molecule has 176 valence electrons. The van der Waals surface area contributed by atoms with E-state index in [2.05, 4.69) is 25.1 Å². The van der Waals surface area contributed by atoms with Gasteiger partial charge in [0.15, 0.2) is 11.5 Å². The number of methoxy groups -OCH3 is 2. The lowest BCUT2D eigenvalue weighted by Gasteiger charge is -2.11. The maximum atomic E-state index is 12.8. The van der Waals surface area contributed by atoms with Gasteiger partial charge in [-0.3, -0.25) is 14.2 Å². The van der Waals surface area contributed by atoms with Crippen LogP contribution in [0.15, 0.2) is 23.3 Å². The summed E-state index contributed by atoms with van der Waals surface area (Å²) < 4.78 is 14.3. The van der Waals surface area contributed by atoms with Gasteiger partial charge in [0.25, 0.3) is 5.56 Å². The van der Waals surface area contributed by atoms with Crippen LogP contribution in [-0.4, -0.2) is 51.0 Å². The van der Waals surface area contributed by atoms with E-state index in [-0.39, 0.29) is 11.5 Å². The SMILES string of the molecule is COc1cc2ncn(CCCC(=O)NCCc3nnc4n3CCCCC4)c(=O)c2cc1OC. The maximum absolute atomic E-state index is 12.8. The third-order valence-electron chi connectivity index (χ3n) is 5.99. The zero-order valence-electron chi connectivity index (χ0n) is 19.2. The number of benzene rings is 1. The molecule has 0 aliphatic carbocycles. The van der Waals surface area contributed by atoms with Crippen LogP contribution in [0.1, 0.15) is 43.8 Å². The number of aromatic nitrogens is 5. The lowest BCUT2D eigenvalue weighted by Crippen LogP contribution is -2.27. The topological polar surface area (TPSA) is 113 Å². The molecule has 33 heavy (non-hydrogen) atoms. The Balaban J connectivity index is 1.28. The van der Waals surface area contributed by atoms with Crippen molar-refractivity contribution in [1.82, 2.24) is 29.6 Å². The van der Waals surface area contributed by atoms with Crippen molar-refractivity contribution in [2.75, 3.05) is 20.8 Å². The van der Waals surface area contributed by atoms with E-state index in [0.717, 1.165) is 37.5 Å². The first kappa shape index (κ1) is 22.8. The van der Waals surface area contributed by atoms with Crippen LogP contribution in [0, 0.1) is 0 Å². The van der Waals surface area contributed by atoms with Crippen LogP contribution in [0.25, 0.3) is 10.9 Å². The lowest BCUT2D eigenvalue weighted by atomic mass is 10.2. The van der Waals surface area contributed by atoms with Gasteiger partial charge in [0.2, 0.25) is 5.91 Å². The van der Waals surface area contributed by atoms with E-state index in [9.17, 15) is 9.59 Å². The third kappa shape index (κ3) is 5.15. The van der Waals surface area contributed by atoms with E-state index in [1.165, 1.54) is 31.5 Å². The van der Waals surface area contributed by atoms with Gasteiger partial charge in [-0.25, -0.2) is 4.98 Å². The van der Waals surface area contributed by atoms with Gasteiger partial charge in [0.1, 0.15) is 11.6 Å². The maximum Gasteiger partial charge on any atom is 0.261 e. The normalized spacial score (nSPS) is 13.4. The fourth-order valence-electron chi connectivity index (χ4n) is 4.19. The van der Waals surface area contributed by atoms with Crippen molar-refractivity contribution in [3.8, 4) is 11.5 Å². The molecule has 4 rings (SSSR count). The van der Waals surface area contributed by atoms with Crippen LogP contribution in [-0.2, 0) is 30.7 Å². The minimum atomic E-state index is -0.172. The number of hydrogen-bond donors (Lipinski definition) is 1. The number of carbonyl (C=O) groups excluding carboxylic acids is 1. The molecular weight excluding hydrogens is 424 g/mol. The highest BCUT2D eigenvalue weighted by Gasteiger charge is 2.15. The van der Waals surface area contributed by atoms with Gasteiger partial charge >= 0.3 is 0 Å². The predicted molar refractivity (Wildman–Crippen MR) is 123 cm³/mol. The molecule has 0 bridgehead atoms. The molecule has 0 radical (unpaired) electrons. The molecule has 3 heterocycles. The lowest BCUT2D eigenvalue weighted by molar-refractivity contribution is -0.121. The summed E-state index contributed by atoms with van der Waals surface area (Å²) in [4.78, 5) is 29.5. The van der Waals surface area contributed by atoms with Gasteiger partial charge in [-0.15, -0.1) is 10.2 Å². The van der Waals surface area contributed by atoms with E-state index in [4.69, 9.17) is 9.47 Å². The highest BCUT2D eigenvalue weighted by Crippen LogP contribution is 2.29. The first-order chi connectivity index (χ1) is 16.1. The summed E-state index contributed by atoms with van der Waals surface area (Å²) in [6.45, 7) is 1.89. The van der Waals surface area contributed by atoms with E-state index >= 15 is 0 Å². The molecule has 0 saturated heterocycles. The van der Waals surface area contributed by atoms with Gasteiger partial charge in [0.05, 0.1) is 31.4 Å². The highest BCUT2D eigenvalue weighted by atomic mass is 16.5. The summed E-state index contributed by atoms with van der Waals surface area (Å²) >= 11 is 0. The van der Waals surface area contributed by atoms with Crippen LogP contribution in [0.3, 0.4) is 0 Å². The van der Waals surface area contributed by atoms with Crippen molar-refractivity contribution in [1.29, 1.82) is 0 Å². The molecule has 1 aliphatic heterocycles. The quantitative estimate of drug-likeness (QED) is 0.525. The standard InChI is InChI=1S/C23H30N6O4/c1-32-18-13-16-17(14-19(18)33-2)25-15-28(23(16)31)11-6-8-22(30)24-10-9-21-27-26-20-7-4-3-5-12-29(20)21/h13-15H,3-12H2,1-2H3,(H,24,30). The number of rotatable bonds is 9. The second-order valence-corrected chi connectivity index (χ2v) is 8.17. The number of nitrogens with zero attached hydrogens (tertiary/aromatic N) is 5. The highest BCUT2D eigenvalue weighted by molar-refractivity contribution is 5.81. The Kier molecular flexibility index (Phi) is 7.21. The van der Waals surface area contributed by atoms with Gasteiger partial charge in [-0.2, -0.15) is 0 Å². The number of aryl methyl sites for hydroxylation is 2. The number of amides is 1. The van der Waals surface area contributed by atoms with E-state index < -0.39 is 0 Å².